The van der Waals surface area contributed by atoms with Crippen molar-refractivity contribution in [3.8, 4) is 0 Å². The minimum atomic E-state index is -0.726. The molecule has 1 amide bonds. The molecule has 0 aromatic carbocycles. The fraction of sp³-hybridized carbons (Fsp3) is 0.769. The number of carbonyl (C=O) groups is 1. The third-order valence-corrected chi connectivity index (χ3v) is 3.56. The van der Waals surface area contributed by atoms with Crippen molar-refractivity contribution in [1.29, 1.82) is 0 Å². The molecule has 2 N–H and O–H groups in total. The van der Waals surface area contributed by atoms with Gasteiger partial charge in [-0.1, -0.05) is 12.8 Å². The van der Waals surface area contributed by atoms with Crippen LogP contribution in [-0.2, 0) is 4.79 Å². The summed E-state index contributed by atoms with van der Waals surface area (Å²) in [5.74, 6) is 0.0258. The molecule has 1 atom stereocenters. The third-order valence-electron chi connectivity index (χ3n) is 3.56. The van der Waals surface area contributed by atoms with E-state index >= 15 is 0 Å². The predicted molar refractivity (Wildman–Crippen MR) is 68.4 cm³/mol. The van der Waals surface area contributed by atoms with Gasteiger partial charge >= 0.3 is 11.6 Å². The molecule has 1 aliphatic carbocycles. The van der Waals surface area contributed by atoms with Crippen molar-refractivity contribution >= 4 is 11.8 Å². The van der Waals surface area contributed by atoms with E-state index in [1.165, 1.54) is 32.6 Å². The Hall–Kier alpha value is -1.43. The Morgan fingerprint density at radius 1 is 1.42 bits per heavy atom. The van der Waals surface area contributed by atoms with Crippen LogP contribution in [0.15, 0.2) is 4.52 Å². The van der Waals surface area contributed by atoms with E-state index in [0.29, 0.717) is 5.69 Å². The number of hydrogen-bond donors (Lipinski definition) is 2. The summed E-state index contributed by atoms with van der Waals surface area (Å²) in [6, 6.07) is 0.248. The van der Waals surface area contributed by atoms with Gasteiger partial charge in [-0.15, -0.1) is 0 Å². The number of nitrogens with zero attached hydrogens (tertiary/aromatic N) is 2. The summed E-state index contributed by atoms with van der Waals surface area (Å²) in [6.45, 7) is 3.06. The Morgan fingerprint density at radius 3 is 2.58 bits per heavy atom. The smallest absolute Gasteiger partial charge is 0.308 e. The Balaban J connectivity index is 2.28. The van der Waals surface area contributed by atoms with Gasteiger partial charge in [-0.3, -0.25) is 14.6 Å². The van der Waals surface area contributed by atoms with Gasteiger partial charge in [0.1, 0.15) is 6.10 Å². The normalized spacial score (nSPS) is 18.9. The quantitative estimate of drug-likeness (QED) is 0.648. The van der Waals surface area contributed by atoms with Gasteiger partial charge in [-0.2, -0.15) is 0 Å². The first-order valence-corrected chi connectivity index (χ1v) is 6.96. The van der Waals surface area contributed by atoms with E-state index in [-0.39, 0.29) is 17.8 Å². The van der Waals surface area contributed by atoms with Gasteiger partial charge < -0.3 is 5.11 Å². The number of anilines is 1. The van der Waals surface area contributed by atoms with Crippen molar-refractivity contribution in [2.75, 3.05) is 5.32 Å². The molecule has 6 heteroatoms. The van der Waals surface area contributed by atoms with E-state index in [4.69, 9.17) is 4.52 Å². The van der Waals surface area contributed by atoms with Crippen LogP contribution in [0.5, 0.6) is 0 Å². The molecule has 6 nitrogen and oxygen atoms in total. The summed E-state index contributed by atoms with van der Waals surface area (Å²) in [5.41, 5.74) is 0.558. The summed E-state index contributed by atoms with van der Waals surface area (Å²) in [4.78, 5) is 11.1. The molecule has 0 aliphatic heterocycles. The molecule has 1 aliphatic rings. The molecular weight excluding hydrogens is 246 g/mol. The monoisotopic (exact) mass is 268 g/mol. The minimum Gasteiger partial charge on any atom is -0.382 e. The van der Waals surface area contributed by atoms with Crippen LogP contribution in [0, 0.1) is 0 Å². The highest BCUT2D eigenvalue weighted by Gasteiger charge is 2.35. The van der Waals surface area contributed by atoms with Gasteiger partial charge in [-0.25, -0.2) is 0 Å². The average molecular weight is 268 g/mol. The third kappa shape index (κ3) is 3.32. The number of hydrogen-bond acceptors (Lipinski definition) is 4. The Labute approximate surface area is 112 Å². The molecule has 19 heavy (non-hydrogen) atoms. The Morgan fingerprint density at radius 2 is 2.05 bits per heavy atom. The molecule has 1 heterocycles. The largest absolute Gasteiger partial charge is 0.382 e. The summed E-state index contributed by atoms with van der Waals surface area (Å²) in [5, 5.41) is 16.5. The van der Waals surface area contributed by atoms with Gasteiger partial charge in [0.15, 0.2) is 6.04 Å². The van der Waals surface area contributed by atoms with Crippen molar-refractivity contribution in [2.24, 2.45) is 0 Å². The highest BCUT2D eigenvalue weighted by atomic mass is 16.5. The zero-order valence-electron chi connectivity index (χ0n) is 11.6. The first-order chi connectivity index (χ1) is 9.09. The lowest BCUT2D eigenvalue weighted by molar-refractivity contribution is -0.794. The fourth-order valence-corrected chi connectivity index (χ4v) is 2.67. The molecule has 0 radical (unpaired) electrons. The second-order valence-corrected chi connectivity index (χ2v) is 5.23. The molecule has 0 saturated heterocycles. The number of amides is 1. The number of carbonyl (C=O) groups excluding carboxylic acids is 1. The van der Waals surface area contributed by atoms with Crippen LogP contribution in [0.3, 0.4) is 0 Å². The van der Waals surface area contributed by atoms with Crippen LogP contribution in [-0.4, -0.2) is 16.3 Å². The number of aliphatic hydroxyl groups is 1. The summed E-state index contributed by atoms with van der Waals surface area (Å²) >= 11 is 0. The standard InChI is InChI=1S/C13H21N3O3/c1-9(17)12-13(14-10(2)18)19-15-16(12)11-7-5-3-4-6-8-11/h9,11,17H,3-8H2,1-2H3/p+1. The van der Waals surface area contributed by atoms with E-state index in [9.17, 15) is 9.90 Å². The molecular formula is C13H22N3O3+. The van der Waals surface area contributed by atoms with E-state index in [0.717, 1.165) is 12.8 Å². The van der Waals surface area contributed by atoms with E-state index in [2.05, 4.69) is 10.6 Å². The van der Waals surface area contributed by atoms with Gasteiger partial charge in [0, 0.05) is 19.8 Å². The van der Waals surface area contributed by atoms with Crippen LogP contribution in [0.25, 0.3) is 0 Å². The maximum Gasteiger partial charge on any atom is 0.308 e. The first-order valence-electron chi connectivity index (χ1n) is 6.96. The molecule has 1 saturated carbocycles. The zero-order valence-corrected chi connectivity index (χ0v) is 11.6. The molecule has 1 fully saturated rings. The Bertz CT molecular complexity index is 434. The maximum atomic E-state index is 11.1. The van der Waals surface area contributed by atoms with E-state index in [1.807, 2.05) is 0 Å². The van der Waals surface area contributed by atoms with Crippen molar-refractivity contribution in [3.63, 3.8) is 0 Å². The molecule has 0 bridgehead atoms. The van der Waals surface area contributed by atoms with Crippen molar-refractivity contribution < 1.29 is 19.1 Å². The van der Waals surface area contributed by atoms with Gasteiger partial charge in [0.25, 0.3) is 0 Å². The lowest BCUT2D eigenvalue weighted by Crippen LogP contribution is -2.45. The van der Waals surface area contributed by atoms with Crippen LogP contribution >= 0.6 is 0 Å². The molecule has 1 aromatic rings. The lowest BCUT2D eigenvalue weighted by Gasteiger charge is -2.07. The number of aromatic nitrogens is 2. The van der Waals surface area contributed by atoms with Gasteiger partial charge in [-0.05, 0) is 24.4 Å². The van der Waals surface area contributed by atoms with Crippen LogP contribution in [0.4, 0.5) is 5.88 Å². The maximum absolute atomic E-state index is 11.1. The van der Waals surface area contributed by atoms with Crippen molar-refractivity contribution in [2.45, 2.75) is 64.5 Å². The molecule has 0 spiro atoms. The van der Waals surface area contributed by atoms with Gasteiger partial charge in [0.05, 0.1) is 0 Å². The number of nitrogens with one attached hydrogen (secondary N) is 1. The highest BCUT2D eigenvalue weighted by Crippen LogP contribution is 2.26. The predicted octanol–water partition coefficient (Wildman–Crippen LogP) is 1.87. The topological polar surface area (TPSA) is 79.2 Å². The molecule has 2 rings (SSSR count). The fourth-order valence-electron chi connectivity index (χ4n) is 2.67. The zero-order chi connectivity index (χ0) is 13.8. The lowest BCUT2D eigenvalue weighted by atomic mass is 10.1. The highest BCUT2D eigenvalue weighted by molar-refractivity contribution is 5.87. The molecule has 1 aromatic heterocycles. The van der Waals surface area contributed by atoms with Crippen molar-refractivity contribution in [3.05, 3.63) is 5.69 Å². The van der Waals surface area contributed by atoms with Gasteiger partial charge in [0.2, 0.25) is 11.2 Å². The second kappa shape index (κ2) is 6.14. The van der Waals surface area contributed by atoms with E-state index in [1.54, 1.807) is 11.6 Å². The average Bonchev–Trinajstić information content (AvgIpc) is 2.58. The SMILES string of the molecule is CC(=O)Nc1on[n+](C2CCCCCC2)c1C(C)O. The molecule has 1 unspecified atom stereocenters. The molecule has 106 valence electrons. The summed E-state index contributed by atoms with van der Waals surface area (Å²) < 4.78 is 6.93. The van der Waals surface area contributed by atoms with Crippen molar-refractivity contribution in [1.82, 2.24) is 5.27 Å². The number of rotatable bonds is 3. The van der Waals surface area contributed by atoms with E-state index < -0.39 is 6.10 Å². The van der Waals surface area contributed by atoms with Crippen LogP contribution in [0.2, 0.25) is 0 Å². The van der Waals surface area contributed by atoms with Crippen LogP contribution < -0.4 is 10.00 Å². The minimum absolute atomic E-state index is 0.230. The van der Waals surface area contributed by atoms with Crippen LogP contribution in [0.1, 0.15) is 70.2 Å². The second-order valence-electron chi connectivity index (χ2n) is 5.23. The number of aliphatic hydroxyl groups excluding tert-OH is 1. The Kier molecular flexibility index (Phi) is 4.52. The summed E-state index contributed by atoms with van der Waals surface area (Å²) in [6.07, 6.45) is 6.18. The summed E-state index contributed by atoms with van der Waals surface area (Å²) in [7, 11) is 0. The first kappa shape index (κ1) is 14.0.